The summed E-state index contributed by atoms with van der Waals surface area (Å²) in [6, 6.07) is 3.69. The van der Waals surface area contributed by atoms with Gasteiger partial charge in [0.1, 0.15) is 17.4 Å². The maximum absolute atomic E-state index is 12.6. The molecular weight excluding hydrogens is 480 g/mol. The van der Waals surface area contributed by atoms with Crippen LogP contribution in [0.2, 0.25) is 0 Å². The lowest BCUT2D eigenvalue weighted by Gasteiger charge is -2.19. The van der Waals surface area contributed by atoms with E-state index >= 15 is 0 Å². The molecular formula is C25H28N6O6. The number of rotatable bonds is 10. The van der Waals surface area contributed by atoms with Gasteiger partial charge in [0.25, 0.3) is 11.5 Å². The van der Waals surface area contributed by atoms with E-state index in [0.717, 1.165) is 5.69 Å². The first-order chi connectivity index (χ1) is 17.7. The Morgan fingerprint density at radius 2 is 2.05 bits per heavy atom. The van der Waals surface area contributed by atoms with E-state index in [-0.39, 0.29) is 36.1 Å². The van der Waals surface area contributed by atoms with E-state index in [1.807, 2.05) is 6.92 Å². The van der Waals surface area contributed by atoms with Crippen LogP contribution < -0.4 is 16.6 Å². The highest BCUT2D eigenvalue weighted by molar-refractivity contribution is 5.95. The van der Waals surface area contributed by atoms with Gasteiger partial charge in [-0.15, -0.1) is 0 Å². The van der Waals surface area contributed by atoms with E-state index in [1.165, 1.54) is 12.3 Å². The van der Waals surface area contributed by atoms with Crippen molar-refractivity contribution in [3.63, 3.8) is 0 Å². The molecule has 0 saturated heterocycles. The molecule has 12 heteroatoms. The fourth-order valence-electron chi connectivity index (χ4n) is 3.30. The predicted molar refractivity (Wildman–Crippen MR) is 135 cm³/mol. The van der Waals surface area contributed by atoms with Crippen LogP contribution in [0.3, 0.4) is 0 Å². The molecule has 3 aromatic rings. The van der Waals surface area contributed by atoms with Gasteiger partial charge in [0.05, 0.1) is 11.5 Å². The minimum Gasteiger partial charge on any atom is -0.481 e. The third-order valence-corrected chi connectivity index (χ3v) is 5.45. The standard InChI is InChI=1S/C25H28N6O6/c1-3-14(2)37-24(36)19(10-11-20(32)33)29-23(35)18-9-8-15(13-27-18)6-4-5-7-16-12-17-21(28-16)30-25(26)31-22(17)34/h8-9,12-14,19H,3,5,7,10-11H2,1-2H3,(H,29,35)(H,32,33)(H4,26,28,30,31,34). The summed E-state index contributed by atoms with van der Waals surface area (Å²) in [6.07, 6.45) is 2.30. The van der Waals surface area contributed by atoms with Gasteiger partial charge in [-0.25, -0.2) is 9.78 Å². The largest absolute Gasteiger partial charge is 0.481 e. The Kier molecular flexibility index (Phi) is 8.99. The molecule has 0 aliphatic rings. The molecule has 3 aromatic heterocycles. The van der Waals surface area contributed by atoms with Gasteiger partial charge in [-0.1, -0.05) is 18.8 Å². The number of aromatic amines is 2. The molecule has 194 valence electrons. The summed E-state index contributed by atoms with van der Waals surface area (Å²) in [5.74, 6) is 3.60. The molecule has 0 radical (unpaired) electrons. The fraction of sp³-hybridized carbons (Fsp3) is 0.360. The highest BCUT2D eigenvalue weighted by Gasteiger charge is 2.25. The van der Waals surface area contributed by atoms with Crippen LogP contribution in [-0.4, -0.2) is 55.0 Å². The number of nitrogens with one attached hydrogen (secondary N) is 3. The van der Waals surface area contributed by atoms with Gasteiger partial charge < -0.3 is 25.9 Å². The smallest absolute Gasteiger partial charge is 0.328 e. The molecule has 3 heterocycles. The number of hydrogen-bond acceptors (Lipinski definition) is 8. The van der Waals surface area contributed by atoms with Gasteiger partial charge in [0, 0.05) is 30.3 Å². The van der Waals surface area contributed by atoms with Gasteiger partial charge in [0.15, 0.2) is 0 Å². The number of nitrogens with zero attached hydrogens (tertiary/aromatic N) is 2. The first kappa shape index (κ1) is 26.9. The summed E-state index contributed by atoms with van der Waals surface area (Å²) < 4.78 is 5.25. The summed E-state index contributed by atoms with van der Waals surface area (Å²) in [6.45, 7) is 3.56. The van der Waals surface area contributed by atoms with Crippen LogP contribution in [0, 0.1) is 11.8 Å². The van der Waals surface area contributed by atoms with Crippen molar-refractivity contribution in [3.05, 3.63) is 51.7 Å². The fourth-order valence-corrected chi connectivity index (χ4v) is 3.30. The molecule has 0 aliphatic heterocycles. The van der Waals surface area contributed by atoms with Gasteiger partial charge >= 0.3 is 11.9 Å². The van der Waals surface area contributed by atoms with Crippen LogP contribution in [0.15, 0.2) is 29.2 Å². The van der Waals surface area contributed by atoms with E-state index in [2.05, 4.69) is 37.1 Å². The summed E-state index contributed by atoms with van der Waals surface area (Å²) in [5, 5.41) is 11.9. The molecule has 0 aliphatic carbocycles. The number of anilines is 1. The maximum Gasteiger partial charge on any atom is 0.328 e. The summed E-state index contributed by atoms with van der Waals surface area (Å²) >= 11 is 0. The lowest BCUT2D eigenvalue weighted by atomic mass is 10.1. The quantitative estimate of drug-likeness (QED) is 0.199. The highest BCUT2D eigenvalue weighted by Crippen LogP contribution is 2.11. The number of amides is 1. The van der Waals surface area contributed by atoms with Crippen LogP contribution in [0.4, 0.5) is 5.95 Å². The van der Waals surface area contributed by atoms with Crippen LogP contribution in [-0.2, 0) is 20.7 Å². The average Bonchev–Trinajstić information content (AvgIpc) is 3.27. The third kappa shape index (κ3) is 7.66. The number of aromatic nitrogens is 4. The third-order valence-electron chi connectivity index (χ3n) is 5.45. The summed E-state index contributed by atoms with van der Waals surface area (Å²) in [4.78, 5) is 61.5. The van der Waals surface area contributed by atoms with Crippen LogP contribution in [0.1, 0.15) is 61.3 Å². The zero-order valence-corrected chi connectivity index (χ0v) is 20.5. The molecule has 37 heavy (non-hydrogen) atoms. The van der Waals surface area contributed by atoms with E-state index in [0.29, 0.717) is 35.9 Å². The number of nitrogen functional groups attached to an aromatic ring is 1. The minimum atomic E-state index is -1.11. The monoisotopic (exact) mass is 508 g/mol. The number of fused-ring (bicyclic) bond motifs is 1. The molecule has 2 atom stereocenters. The number of nitrogens with two attached hydrogens (primary N) is 1. The second-order valence-corrected chi connectivity index (χ2v) is 8.36. The number of esters is 1. The minimum absolute atomic E-state index is 0.0390. The molecule has 0 bridgehead atoms. The van der Waals surface area contributed by atoms with Crippen molar-refractivity contribution in [2.24, 2.45) is 0 Å². The zero-order chi connectivity index (χ0) is 26.9. The van der Waals surface area contributed by atoms with Gasteiger partial charge in [-0.2, -0.15) is 4.98 Å². The molecule has 6 N–H and O–H groups in total. The van der Waals surface area contributed by atoms with E-state index in [9.17, 15) is 19.2 Å². The maximum atomic E-state index is 12.6. The predicted octanol–water partition coefficient (Wildman–Crippen LogP) is 1.52. The topological polar surface area (TPSA) is 193 Å². The van der Waals surface area contributed by atoms with Crippen molar-refractivity contribution in [1.29, 1.82) is 0 Å². The number of aryl methyl sites for hydroxylation is 1. The molecule has 12 nitrogen and oxygen atoms in total. The second kappa shape index (κ2) is 12.3. The zero-order valence-electron chi connectivity index (χ0n) is 20.5. The molecule has 0 saturated carbocycles. The molecule has 1 amide bonds. The van der Waals surface area contributed by atoms with Crippen molar-refractivity contribution < 1.29 is 24.2 Å². The summed E-state index contributed by atoms with van der Waals surface area (Å²) in [5.41, 5.74) is 7.08. The van der Waals surface area contributed by atoms with Crippen molar-refractivity contribution in [3.8, 4) is 11.8 Å². The van der Waals surface area contributed by atoms with Crippen molar-refractivity contribution in [2.75, 3.05) is 5.73 Å². The number of aliphatic carboxylic acids is 1. The number of carbonyl (C=O) groups excluding carboxylic acids is 2. The Labute approximate surface area is 212 Å². The average molecular weight is 509 g/mol. The number of ether oxygens (including phenoxy) is 1. The number of H-pyrrole nitrogens is 2. The van der Waals surface area contributed by atoms with E-state index in [4.69, 9.17) is 15.6 Å². The SMILES string of the molecule is CCC(C)OC(=O)C(CCC(=O)O)NC(=O)c1ccc(C#CCCc2cc3c(=O)[nH]c(N)nc3[nH]2)cn1. The Bertz CT molecular complexity index is 1400. The summed E-state index contributed by atoms with van der Waals surface area (Å²) in [7, 11) is 0. The van der Waals surface area contributed by atoms with Crippen molar-refractivity contribution >= 4 is 34.8 Å². The first-order valence-corrected chi connectivity index (χ1v) is 11.7. The lowest BCUT2D eigenvalue weighted by Crippen LogP contribution is -2.43. The first-order valence-electron chi connectivity index (χ1n) is 11.7. The Morgan fingerprint density at radius 3 is 2.73 bits per heavy atom. The highest BCUT2D eigenvalue weighted by atomic mass is 16.5. The number of carboxylic acids is 1. The molecule has 0 aromatic carbocycles. The number of hydrogen-bond donors (Lipinski definition) is 5. The van der Waals surface area contributed by atoms with Gasteiger partial charge in [0.2, 0.25) is 5.95 Å². The van der Waals surface area contributed by atoms with Gasteiger partial charge in [-0.3, -0.25) is 19.4 Å². The van der Waals surface area contributed by atoms with Crippen molar-refractivity contribution in [1.82, 2.24) is 25.3 Å². The number of carbonyl (C=O) groups is 3. The van der Waals surface area contributed by atoms with Crippen LogP contribution in [0.5, 0.6) is 0 Å². The lowest BCUT2D eigenvalue weighted by molar-refractivity contribution is -0.151. The van der Waals surface area contributed by atoms with E-state index in [1.54, 1.807) is 19.1 Å². The van der Waals surface area contributed by atoms with Crippen molar-refractivity contribution in [2.45, 2.75) is 58.1 Å². The molecule has 3 rings (SSSR count). The Morgan fingerprint density at radius 1 is 1.27 bits per heavy atom. The molecule has 0 fully saturated rings. The molecule has 0 spiro atoms. The normalized spacial score (nSPS) is 12.3. The number of carboxylic acid groups (broad SMARTS) is 1. The van der Waals surface area contributed by atoms with Gasteiger partial charge in [-0.05, 0) is 44.4 Å². The molecule has 2 unspecified atom stereocenters. The van der Waals surface area contributed by atoms with Crippen LogP contribution >= 0.6 is 0 Å². The van der Waals surface area contributed by atoms with Crippen LogP contribution in [0.25, 0.3) is 11.0 Å². The van der Waals surface area contributed by atoms with E-state index < -0.39 is 23.9 Å². The second-order valence-electron chi connectivity index (χ2n) is 8.36. The Hall–Kier alpha value is -4.66. The number of pyridine rings is 1. The Balaban J connectivity index is 1.58.